The van der Waals surface area contributed by atoms with E-state index in [9.17, 15) is 0 Å². The molecule has 0 fully saturated rings. The van der Waals surface area contributed by atoms with Crippen molar-refractivity contribution in [3.63, 3.8) is 0 Å². The summed E-state index contributed by atoms with van der Waals surface area (Å²) in [7, 11) is 0. The molecule has 610 valence electrons. The van der Waals surface area contributed by atoms with Crippen LogP contribution in [0.2, 0.25) is 0 Å². The molecule has 0 bridgehead atoms. The molecule has 10 heterocycles. The molecule has 0 saturated carbocycles. The molecule has 0 unspecified atom stereocenters. The molecule has 0 radical (unpaired) electrons. The highest BCUT2D eigenvalue weighted by Crippen LogP contribution is 2.54. The van der Waals surface area contributed by atoms with Crippen LogP contribution in [0, 0.1) is 0 Å². The minimum absolute atomic E-state index is 0.914. The standard InChI is InChI=1S/2C42H24N2O.C40H23NS/c1-4-17-33-28(12-1)30-16-8-19-35-40(30)41-36(23-22-31-29-13-2-5-18-34(29)44(33)42(31)41)43(35)26-11-7-10-25(24-26)27-15-9-21-38-39(27)32-14-3-6-20-37(32)45-38;1-4-18-34-28(12-1)31-16-9-20-36-39(31)40-37(23-22-32-29-13-2-5-19-35(29)44(34)41(32)40)43(36)26-11-7-10-25(24-26)27-15-8-17-33-30-14-3-6-21-38(30)45-42(27)33;1-2-10-29-28(9-1)31-13-5-8-25-20-23-35-39(37(25)31)38-32(29)14-7-16-34(38)41(35)26-21-18-24(19-22-26)27-12-6-15-33-30-11-3-4-17-36(30)42-40(27)33/h2*1-24H;1-23H. The fourth-order valence-corrected chi connectivity index (χ4v) is 24.7. The van der Waals surface area contributed by atoms with E-state index in [0.717, 1.165) is 66.4 Å². The number of para-hydroxylation sites is 7. The highest BCUT2D eigenvalue weighted by atomic mass is 32.1. The quantitative estimate of drug-likeness (QED) is 0.167. The molecule has 0 aliphatic heterocycles. The molecule has 0 amide bonds. The Hall–Kier alpha value is -17.3. The van der Waals surface area contributed by atoms with Crippen molar-refractivity contribution >= 4 is 228 Å². The van der Waals surface area contributed by atoms with Crippen molar-refractivity contribution in [2.45, 2.75) is 0 Å². The Bertz CT molecular complexity index is 10400. The van der Waals surface area contributed by atoms with Gasteiger partial charge < -0.3 is 31.3 Å². The van der Waals surface area contributed by atoms with Crippen LogP contribution < -0.4 is 0 Å². The number of nitrogens with zero attached hydrogens (tertiary/aromatic N) is 5. The zero-order valence-corrected chi connectivity index (χ0v) is 71.8. The van der Waals surface area contributed by atoms with Gasteiger partial charge in [-0.25, -0.2) is 0 Å². The first-order valence-electron chi connectivity index (χ1n) is 45.4. The molecule has 1 aliphatic rings. The lowest BCUT2D eigenvalue weighted by Crippen LogP contribution is -1.95. The second kappa shape index (κ2) is 27.1. The zero-order chi connectivity index (χ0) is 85.8. The Morgan fingerprint density at radius 2 is 0.583 bits per heavy atom. The van der Waals surface area contributed by atoms with E-state index in [1.807, 2.05) is 35.6 Å². The maximum Gasteiger partial charge on any atom is 0.143 e. The van der Waals surface area contributed by atoms with Crippen molar-refractivity contribution in [2.24, 2.45) is 0 Å². The summed E-state index contributed by atoms with van der Waals surface area (Å²) in [4.78, 5) is 0. The van der Waals surface area contributed by atoms with Gasteiger partial charge in [0.1, 0.15) is 22.3 Å². The van der Waals surface area contributed by atoms with Gasteiger partial charge in [0.15, 0.2) is 0 Å². The molecule has 32 rings (SSSR count). The lowest BCUT2D eigenvalue weighted by atomic mass is 9.93. The van der Waals surface area contributed by atoms with Crippen molar-refractivity contribution in [3.8, 4) is 72.7 Å². The SMILES string of the molecule is c1cc(-c2cccc3c2oc2ccccc23)cc(-n2c3cccc4c5ccccc5n5c6ccccc6c6ccc2c(c43)c65)c1.c1cc(-c2cccc3oc4ccccc4c23)cc(-n2c3cccc4c5ccccc5n5c6ccccc6c6ccc2c(c43)c65)c1.c1ccc2c(c1)-c1cccc3ccc4c(c13)c1c-2cccc1n4-c1ccc(-c2cccc3c2sc2ccccc23)cc1. The fraction of sp³-hybridized carbons (Fsp3) is 0. The normalized spacial score (nSPS) is 12.4. The molecule has 0 saturated heterocycles. The number of aromatic nitrogens is 5. The second-order valence-electron chi connectivity index (χ2n) is 35.5. The summed E-state index contributed by atoms with van der Waals surface area (Å²) >= 11 is 1.89. The van der Waals surface area contributed by atoms with Gasteiger partial charge in [-0.1, -0.05) is 309 Å². The van der Waals surface area contributed by atoms with Crippen LogP contribution in [0.1, 0.15) is 0 Å². The molecule has 21 aromatic carbocycles. The van der Waals surface area contributed by atoms with Crippen LogP contribution in [-0.2, 0) is 0 Å². The number of hydrogen-bond donors (Lipinski definition) is 0. The van der Waals surface area contributed by atoms with Gasteiger partial charge in [-0.3, -0.25) is 0 Å². The van der Waals surface area contributed by atoms with Crippen LogP contribution in [0.15, 0.2) is 440 Å². The molecular formula is C124H71N5O2S. The van der Waals surface area contributed by atoms with Crippen LogP contribution in [0.4, 0.5) is 0 Å². The van der Waals surface area contributed by atoms with Crippen molar-refractivity contribution in [2.75, 3.05) is 0 Å². The van der Waals surface area contributed by atoms with E-state index in [0.29, 0.717) is 0 Å². The van der Waals surface area contributed by atoms with Gasteiger partial charge in [0.25, 0.3) is 0 Å². The summed E-state index contributed by atoms with van der Waals surface area (Å²) in [6.07, 6.45) is 0. The van der Waals surface area contributed by atoms with Gasteiger partial charge in [-0.2, -0.15) is 0 Å². The number of furan rings is 2. The zero-order valence-electron chi connectivity index (χ0n) is 71.0. The van der Waals surface area contributed by atoms with Gasteiger partial charge >= 0.3 is 0 Å². The Morgan fingerprint density at radius 3 is 1.21 bits per heavy atom. The van der Waals surface area contributed by atoms with E-state index in [1.54, 1.807) is 0 Å². The van der Waals surface area contributed by atoms with E-state index in [2.05, 4.69) is 429 Å². The smallest absolute Gasteiger partial charge is 0.143 e. The predicted octanol–water partition coefficient (Wildman–Crippen LogP) is 34.6. The van der Waals surface area contributed by atoms with E-state index in [-0.39, 0.29) is 0 Å². The number of thiophene rings is 1. The molecule has 31 aromatic rings. The number of rotatable bonds is 6. The van der Waals surface area contributed by atoms with Gasteiger partial charge in [-0.05, 0) is 193 Å². The van der Waals surface area contributed by atoms with Crippen LogP contribution in [0.5, 0.6) is 0 Å². The van der Waals surface area contributed by atoms with E-state index in [4.69, 9.17) is 8.83 Å². The summed E-state index contributed by atoms with van der Waals surface area (Å²) in [5.74, 6) is 0. The molecule has 1 aliphatic carbocycles. The summed E-state index contributed by atoms with van der Waals surface area (Å²) in [6.45, 7) is 0. The minimum Gasteiger partial charge on any atom is -0.456 e. The topological polar surface area (TPSA) is 49.9 Å². The van der Waals surface area contributed by atoms with E-state index in [1.165, 1.54) is 223 Å². The molecule has 8 heteroatoms. The van der Waals surface area contributed by atoms with Crippen molar-refractivity contribution in [1.29, 1.82) is 0 Å². The molecule has 0 spiro atoms. The molecule has 132 heavy (non-hydrogen) atoms. The maximum atomic E-state index is 6.45. The first-order valence-corrected chi connectivity index (χ1v) is 46.2. The van der Waals surface area contributed by atoms with Gasteiger partial charge in [-0.15, -0.1) is 11.3 Å². The Morgan fingerprint density at radius 1 is 0.182 bits per heavy atom. The Balaban J connectivity index is 0.0000000951. The number of fused-ring (bicyclic) bond motifs is 24. The lowest BCUT2D eigenvalue weighted by Gasteiger charge is -2.14. The van der Waals surface area contributed by atoms with Gasteiger partial charge in [0, 0.05) is 129 Å². The summed E-state index contributed by atoms with van der Waals surface area (Å²) in [5, 5.41) is 28.0. The Kier molecular flexibility index (Phi) is 14.8. The molecule has 10 aromatic heterocycles. The average molecular weight is 1700 g/mol. The third-order valence-corrected chi connectivity index (χ3v) is 30.1. The van der Waals surface area contributed by atoms with Gasteiger partial charge in [0.2, 0.25) is 0 Å². The largest absolute Gasteiger partial charge is 0.456 e. The van der Waals surface area contributed by atoms with Crippen molar-refractivity contribution in [3.05, 3.63) is 431 Å². The number of hydrogen-bond acceptors (Lipinski definition) is 3. The van der Waals surface area contributed by atoms with E-state index >= 15 is 0 Å². The van der Waals surface area contributed by atoms with Crippen molar-refractivity contribution in [1.82, 2.24) is 22.5 Å². The predicted molar refractivity (Wildman–Crippen MR) is 557 cm³/mol. The summed E-state index contributed by atoms with van der Waals surface area (Å²) < 4.78 is 27.7. The molecule has 0 N–H and O–H groups in total. The van der Waals surface area contributed by atoms with Crippen LogP contribution in [0.3, 0.4) is 0 Å². The highest BCUT2D eigenvalue weighted by Gasteiger charge is 2.30. The van der Waals surface area contributed by atoms with Crippen molar-refractivity contribution < 1.29 is 8.83 Å². The third-order valence-electron chi connectivity index (χ3n) is 28.8. The van der Waals surface area contributed by atoms with Gasteiger partial charge in [0.05, 0.1) is 66.2 Å². The maximum absolute atomic E-state index is 6.45. The summed E-state index contributed by atoms with van der Waals surface area (Å²) in [5.41, 5.74) is 34.4. The molecule has 0 atom stereocenters. The number of benzene rings is 21. The fourth-order valence-electron chi connectivity index (χ4n) is 23.5. The first kappa shape index (κ1) is 71.8. The lowest BCUT2D eigenvalue weighted by molar-refractivity contribution is 0.669. The highest BCUT2D eigenvalue weighted by molar-refractivity contribution is 7.26. The average Bonchev–Trinajstić information content (AvgIpc) is 1.53. The van der Waals surface area contributed by atoms with Crippen LogP contribution in [0.25, 0.3) is 289 Å². The first-order chi connectivity index (χ1) is 65.5. The Labute approximate surface area is 757 Å². The van der Waals surface area contributed by atoms with E-state index < -0.39 is 0 Å². The monoisotopic (exact) mass is 1690 g/mol. The third kappa shape index (κ3) is 9.86. The molecular weight excluding hydrogens is 1620 g/mol. The van der Waals surface area contributed by atoms with Crippen LogP contribution >= 0.6 is 11.3 Å². The van der Waals surface area contributed by atoms with Crippen LogP contribution in [-0.4, -0.2) is 22.5 Å². The summed E-state index contributed by atoms with van der Waals surface area (Å²) in [6, 6.07) is 157. The second-order valence-corrected chi connectivity index (χ2v) is 36.5. The minimum atomic E-state index is 0.914. The molecule has 7 nitrogen and oxygen atoms in total.